The molecule has 0 atom stereocenters. The van der Waals surface area contributed by atoms with E-state index >= 15 is 0 Å². The van der Waals surface area contributed by atoms with Crippen LogP contribution in [0.2, 0.25) is 0 Å². The summed E-state index contributed by atoms with van der Waals surface area (Å²) in [5.74, 6) is -0.0852. The number of H-pyrrole nitrogens is 1. The first kappa shape index (κ1) is 11.9. The summed E-state index contributed by atoms with van der Waals surface area (Å²) in [6.07, 6.45) is 0.972. The van der Waals surface area contributed by atoms with E-state index in [4.69, 9.17) is 0 Å². The number of hydrogen-bond acceptors (Lipinski definition) is 3. The zero-order chi connectivity index (χ0) is 12.3. The van der Waals surface area contributed by atoms with E-state index in [1.54, 1.807) is 17.0 Å². The number of aromatic nitrogens is 1. The Kier molecular flexibility index (Phi) is 3.58. The lowest BCUT2D eigenvalue weighted by Gasteiger charge is -2.20. The van der Waals surface area contributed by atoms with Gasteiger partial charge in [-0.1, -0.05) is 6.07 Å². The molecule has 1 N–H and O–H groups in total. The Morgan fingerprint density at radius 1 is 1.24 bits per heavy atom. The fourth-order valence-corrected chi connectivity index (χ4v) is 1.99. The third-order valence-corrected chi connectivity index (χ3v) is 3.01. The second-order valence-electron chi connectivity index (χ2n) is 4.38. The van der Waals surface area contributed by atoms with Crippen molar-refractivity contribution in [1.82, 2.24) is 14.8 Å². The maximum Gasteiger partial charge on any atom is 0.270 e. The fraction of sp³-hybridized carbons (Fsp3) is 0.500. The van der Waals surface area contributed by atoms with Gasteiger partial charge in [0.1, 0.15) is 5.69 Å². The monoisotopic (exact) mass is 235 g/mol. The molecule has 0 saturated carbocycles. The van der Waals surface area contributed by atoms with Gasteiger partial charge in [0.2, 0.25) is 5.56 Å². The maximum atomic E-state index is 12.1. The van der Waals surface area contributed by atoms with Crippen molar-refractivity contribution in [2.75, 3.05) is 33.2 Å². The summed E-state index contributed by atoms with van der Waals surface area (Å²) in [7, 11) is 2.05. The van der Waals surface area contributed by atoms with Crippen LogP contribution in [0.15, 0.2) is 23.0 Å². The molecular formula is C12H17N3O2. The van der Waals surface area contributed by atoms with Gasteiger partial charge in [-0.25, -0.2) is 0 Å². The quantitative estimate of drug-likeness (QED) is 0.754. The van der Waals surface area contributed by atoms with Crippen LogP contribution >= 0.6 is 0 Å². The van der Waals surface area contributed by atoms with Gasteiger partial charge in [0, 0.05) is 25.7 Å². The molecular weight excluding hydrogens is 218 g/mol. The number of carbonyl (C=O) groups excluding carboxylic acids is 1. The maximum absolute atomic E-state index is 12.1. The third kappa shape index (κ3) is 2.94. The molecule has 1 aliphatic heterocycles. The highest BCUT2D eigenvalue weighted by atomic mass is 16.2. The molecule has 2 rings (SSSR count). The lowest BCUT2D eigenvalue weighted by Crippen LogP contribution is -2.35. The van der Waals surface area contributed by atoms with Crippen LogP contribution in [-0.4, -0.2) is 53.9 Å². The van der Waals surface area contributed by atoms with Crippen LogP contribution in [0.4, 0.5) is 0 Å². The summed E-state index contributed by atoms with van der Waals surface area (Å²) in [4.78, 5) is 29.9. The highest BCUT2D eigenvalue weighted by Gasteiger charge is 2.19. The lowest BCUT2D eigenvalue weighted by atomic mass is 10.3. The normalized spacial score (nSPS) is 17.8. The second-order valence-corrected chi connectivity index (χ2v) is 4.38. The molecule has 0 aliphatic carbocycles. The standard InChI is InChI=1S/C12H17N3O2/c1-14-6-3-7-15(9-8-14)12(17)10-4-2-5-11(16)13-10/h2,4-5H,3,6-9H2,1H3,(H,13,16). The smallest absolute Gasteiger partial charge is 0.270 e. The summed E-state index contributed by atoms with van der Waals surface area (Å²) in [5, 5.41) is 0. The van der Waals surface area contributed by atoms with Crippen molar-refractivity contribution < 1.29 is 4.79 Å². The molecule has 92 valence electrons. The van der Waals surface area contributed by atoms with Crippen molar-refractivity contribution >= 4 is 5.91 Å². The lowest BCUT2D eigenvalue weighted by molar-refractivity contribution is 0.0756. The molecule has 1 amide bonds. The van der Waals surface area contributed by atoms with E-state index in [0.717, 1.165) is 26.1 Å². The Balaban J connectivity index is 2.11. The first-order valence-corrected chi connectivity index (χ1v) is 5.84. The Labute approximate surface area is 100 Å². The summed E-state index contributed by atoms with van der Waals surface area (Å²) in [6, 6.07) is 4.67. The van der Waals surface area contributed by atoms with Crippen molar-refractivity contribution in [3.8, 4) is 0 Å². The number of amides is 1. The van der Waals surface area contributed by atoms with Gasteiger partial charge in [-0.2, -0.15) is 0 Å². The van der Waals surface area contributed by atoms with E-state index in [2.05, 4.69) is 16.9 Å². The van der Waals surface area contributed by atoms with E-state index in [-0.39, 0.29) is 11.5 Å². The fourth-order valence-electron chi connectivity index (χ4n) is 1.99. The van der Waals surface area contributed by atoms with Gasteiger partial charge in [0.25, 0.3) is 5.91 Å². The molecule has 1 fully saturated rings. The van der Waals surface area contributed by atoms with E-state index in [1.165, 1.54) is 6.07 Å². The van der Waals surface area contributed by atoms with Crippen molar-refractivity contribution in [3.05, 3.63) is 34.2 Å². The van der Waals surface area contributed by atoms with Crippen LogP contribution < -0.4 is 5.56 Å². The topological polar surface area (TPSA) is 56.4 Å². The minimum atomic E-state index is -0.234. The van der Waals surface area contributed by atoms with Gasteiger partial charge in [-0.15, -0.1) is 0 Å². The number of rotatable bonds is 1. The Hall–Kier alpha value is -1.62. The number of hydrogen-bond donors (Lipinski definition) is 1. The SMILES string of the molecule is CN1CCCN(C(=O)c2cccc(=O)[nH]2)CC1. The molecule has 5 heteroatoms. The molecule has 1 saturated heterocycles. The number of aromatic amines is 1. The molecule has 0 bridgehead atoms. The summed E-state index contributed by atoms with van der Waals surface area (Å²) in [5.41, 5.74) is 0.143. The summed E-state index contributed by atoms with van der Waals surface area (Å²) in [6.45, 7) is 3.35. The van der Waals surface area contributed by atoms with Gasteiger partial charge in [0.15, 0.2) is 0 Å². The molecule has 5 nitrogen and oxygen atoms in total. The predicted octanol–water partition coefficient (Wildman–Crippen LogP) is 0.153. The van der Waals surface area contributed by atoms with Crippen LogP contribution in [0.3, 0.4) is 0 Å². The van der Waals surface area contributed by atoms with Crippen LogP contribution in [-0.2, 0) is 0 Å². The van der Waals surface area contributed by atoms with Crippen LogP contribution in [0, 0.1) is 0 Å². The van der Waals surface area contributed by atoms with E-state index < -0.39 is 0 Å². The number of pyridine rings is 1. The molecule has 1 aliphatic rings. The first-order valence-electron chi connectivity index (χ1n) is 5.84. The van der Waals surface area contributed by atoms with Crippen molar-refractivity contribution in [2.24, 2.45) is 0 Å². The summed E-state index contributed by atoms with van der Waals surface area (Å²) < 4.78 is 0. The highest BCUT2D eigenvalue weighted by Crippen LogP contribution is 2.05. The minimum absolute atomic E-state index is 0.0852. The molecule has 0 unspecified atom stereocenters. The minimum Gasteiger partial charge on any atom is -0.336 e. The average Bonchev–Trinajstić information content (AvgIpc) is 2.53. The van der Waals surface area contributed by atoms with Crippen LogP contribution in [0.25, 0.3) is 0 Å². The van der Waals surface area contributed by atoms with Crippen molar-refractivity contribution in [1.29, 1.82) is 0 Å². The number of carbonyl (C=O) groups is 1. The Bertz CT molecular complexity index is 455. The predicted molar refractivity (Wildman–Crippen MR) is 65.1 cm³/mol. The number of nitrogens with one attached hydrogen (secondary N) is 1. The average molecular weight is 235 g/mol. The first-order chi connectivity index (χ1) is 8.16. The largest absolute Gasteiger partial charge is 0.336 e. The molecule has 0 radical (unpaired) electrons. The number of likely N-dealkylation sites (N-methyl/N-ethyl adjacent to an activating group) is 1. The van der Waals surface area contributed by atoms with Gasteiger partial charge in [0.05, 0.1) is 0 Å². The molecule has 2 heterocycles. The molecule has 0 spiro atoms. The van der Waals surface area contributed by atoms with Crippen LogP contribution in [0.5, 0.6) is 0 Å². The second kappa shape index (κ2) is 5.14. The zero-order valence-electron chi connectivity index (χ0n) is 9.98. The highest BCUT2D eigenvalue weighted by molar-refractivity contribution is 5.92. The molecule has 1 aromatic rings. The van der Waals surface area contributed by atoms with E-state index in [9.17, 15) is 9.59 Å². The van der Waals surface area contributed by atoms with Gasteiger partial charge >= 0.3 is 0 Å². The molecule has 1 aromatic heterocycles. The Morgan fingerprint density at radius 2 is 2.06 bits per heavy atom. The Morgan fingerprint density at radius 3 is 2.82 bits per heavy atom. The van der Waals surface area contributed by atoms with Gasteiger partial charge < -0.3 is 14.8 Å². The van der Waals surface area contributed by atoms with Gasteiger partial charge in [-0.3, -0.25) is 9.59 Å². The van der Waals surface area contributed by atoms with Crippen molar-refractivity contribution in [2.45, 2.75) is 6.42 Å². The van der Waals surface area contributed by atoms with Gasteiger partial charge in [-0.05, 0) is 26.1 Å². The molecule has 0 aromatic carbocycles. The van der Waals surface area contributed by atoms with E-state index in [0.29, 0.717) is 12.2 Å². The van der Waals surface area contributed by atoms with E-state index in [1.807, 2.05) is 0 Å². The number of nitrogens with zero attached hydrogens (tertiary/aromatic N) is 2. The summed E-state index contributed by atoms with van der Waals surface area (Å²) >= 11 is 0. The molecule has 17 heavy (non-hydrogen) atoms. The zero-order valence-corrected chi connectivity index (χ0v) is 9.98. The van der Waals surface area contributed by atoms with Crippen LogP contribution in [0.1, 0.15) is 16.9 Å². The third-order valence-electron chi connectivity index (χ3n) is 3.01. The van der Waals surface area contributed by atoms with Crippen molar-refractivity contribution in [3.63, 3.8) is 0 Å².